The number of carbonyl (C=O) groups excluding carboxylic acids is 1. The van der Waals surface area contributed by atoms with Gasteiger partial charge in [0.1, 0.15) is 18.0 Å². The quantitative estimate of drug-likeness (QED) is 0.174. The van der Waals surface area contributed by atoms with Gasteiger partial charge in [-0.2, -0.15) is 0 Å². The molecule has 0 bridgehead atoms. The van der Waals surface area contributed by atoms with Gasteiger partial charge in [0.05, 0.1) is 22.8 Å². The number of fused-ring (bicyclic) bond motifs is 1. The number of hydrogen-bond acceptors (Lipinski definition) is 7. The maximum absolute atomic E-state index is 14.9. The van der Waals surface area contributed by atoms with Crippen molar-refractivity contribution in [2.24, 2.45) is 0 Å². The van der Waals surface area contributed by atoms with Gasteiger partial charge in [-0.15, -0.1) is 0 Å². The summed E-state index contributed by atoms with van der Waals surface area (Å²) >= 11 is 1.51. The van der Waals surface area contributed by atoms with Gasteiger partial charge in [0.15, 0.2) is 5.65 Å². The van der Waals surface area contributed by atoms with Crippen molar-refractivity contribution in [3.8, 4) is 0 Å². The number of hydrogen-bond donors (Lipinski definition) is 3. The van der Waals surface area contributed by atoms with Gasteiger partial charge in [0, 0.05) is 21.0 Å². The zero-order valence-electron chi connectivity index (χ0n) is 22.4. The predicted molar refractivity (Wildman–Crippen MR) is 158 cm³/mol. The Morgan fingerprint density at radius 3 is 2.42 bits per heavy atom. The lowest BCUT2D eigenvalue weighted by atomic mass is 10.1. The van der Waals surface area contributed by atoms with Crippen LogP contribution in [0.25, 0.3) is 11.0 Å². The fourth-order valence-electron chi connectivity index (χ4n) is 4.23. The fraction of sp³-hybridized carbons (Fsp3) is 0.161. The minimum Gasteiger partial charge on any atom is -0.399 e. The Kier molecular flexibility index (Phi) is 7.93. The Balaban J connectivity index is 1.51. The van der Waals surface area contributed by atoms with Crippen molar-refractivity contribution in [1.29, 1.82) is 0 Å². The van der Waals surface area contributed by atoms with Gasteiger partial charge < -0.3 is 16.4 Å². The summed E-state index contributed by atoms with van der Waals surface area (Å²) in [6.45, 7) is 5.71. The summed E-state index contributed by atoms with van der Waals surface area (Å²) in [6, 6.07) is 24.0. The van der Waals surface area contributed by atoms with E-state index in [0.717, 1.165) is 15.4 Å². The Morgan fingerprint density at radius 1 is 0.950 bits per heavy atom. The molecule has 3 aromatic carbocycles. The molecule has 7 nitrogen and oxygen atoms in total. The summed E-state index contributed by atoms with van der Waals surface area (Å²) in [5, 5.41) is 6.83. The van der Waals surface area contributed by atoms with Crippen LogP contribution in [0.1, 0.15) is 54.3 Å². The van der Waals surface area contributed by atoms with Crippen LogP contribution in [0, 0.1) is 5.82 Å². The first-order chi connectivity index (χ1) is 19.3. The van der Waals surface area contributed by atoms with Gasteiger partial charge in [-0.1, -0.05) is 55.9 Å². The summed E-state index contributed by atoms with van der Waals surface area (Å²) < 4.78 is 14.9. The lowest BCUT2D eigenvalue weighted by Gasteiger charge is -2.17. The molecule has 0 aliphatic carbocycles. The third kappa shape index (κ3) is 6.05. The third-order valence-corrected chi connectivity index (χ3v) is 7.49. The Labute approximate surface area is 236 Å². The van der Waals surface area contributed by atoms with Gasteiger partial charge in [0.25, 0.3) is 5.91 Å². The molecule has 5 aromatic rings. The van der Waals surface area contributed by atoms with E-state index < -0.39 is 5.82 Å². The monoisotopic (exact) mass is 552 g/mol. The molecule has 0 fully saturated rings. The first-order valence-corrected chi connectivity index (χ1v) is 13.7. The van der Waals surface area contributed by atoms with E-state index in [2.05, 4.69) is 25.6 Å². The van der Waals surface area contributed by atoms with Crippen LogP contribution in [0.5, 0.6) is 0 Å². The van der Waals surface area contributed by atoms with Crippen molar-refractivity contribution in [3.63, 3.8) is 0 Å². The summed E-state index contributed by atoms with van der Waals surface area (Å²) in [7, 11) is 0. The fourth-order valence-corrected chi connectivity index (χ4v) is 5.12. The molecule has 0 spiro atoms. The number of aromatic nitrogens is 3. The average molecular weight is 553 g/mol. The number of nitrogens with zero attached hydrogens (tertiary/aromatic N) is 3. The third-order valence-electron chi connectivity index (χ3n) is 6.40. The number of carbonyl (C=O) groups is 1. The van der Waals surface area contributed by atoms with Crippen molar-refractivity contribution in [2.45, 2.75) is 42.5 Å². The molecule has 0 radical (unpaired) electrons. The van der Waals surface area contributed by atoms with Gasteiger partial charge in [-0.3, -0.25) is 4.79 Å². The number of amides is 1. The van der Waals surface area contributed by atoms with E-state index in [1.807, 2.05) is 81.4 Å². The minimum atomic E-state index is -0.417. The first-order valence-electron chi connectivity index (χ1n) is 12.9. The van der Waals surface area contributed by atoms with E-state index in [1.54, 1.807) is 12.1 Å². The van der Waals surface area contributed by atoms with Crippen LogP contribution in [0.3, 0.4) is 0 Å². The van der Waals surface area contributed by atoms with Crippen LogP contribution in [-0.2, 0) is 0 Å². The number of anilines is 3. The zero-order chi connectivity index (χ0) is 28.2. The molecule has 5 rings (SSSR count). The maximum Gasteiger partial charge on any atom is 0.251 e. The van der Waals surface area contributed by atoms with Gasteiger partial charge in [-0.25, -0.2) is 19.3 Å². The highest BCUT2D eigenvalue weighted by molar-refractivity contribution is 7.99. The molecule has 0 aliphatic heterocycles. The summed E-state index contributed by atoms with van der Waals surface area (Å²) in [4.78, 5) is 28.1. The molecular formula is C31H29FN6OS. The smallest absolute Gasteiger partial charge is 0.251 e. The van der Waals surface area contributed by atoms with E-state index in [1.165, 1.54) is 24.2 Å². The Morgan fingerprint density at radius 2 is 1.70 bits per heavy atom. The summed E-state index contributed by atoms with van der Waals surface area (Å²) in [6.07, 6.45) is 1.39. The number of nitrogens with one attached hydrogen (secondary N) is 2. The molecule has 0 saturated carbocycles. The van der Waals surface area contributed by atoms with Crippen LogP contribution < -0.4 is 16.4 Å². The molecule has 202 valence electrons. The van der Waals surface area contributed by atoms with Gasteiger partial charge in [-0.05, 0) is 66.9 Å². The molecular weight excluding hydrogens is 523 g/mol. The highest BCUT2D eigenvalue weighted by Gasteiger charge is 2.17. The lowest BCUT2D eigenvalue weighted by Crippen LogP contribution is -2.26. The topological polar surface area (TPSA) is 106 Å². The average Bonchev–Trinajstić information content (AvgIpc) is 2.95. The van der Waals surface area contributed by atoms with Crippen LogP contribution in [0.4, 0.5) is 21.6 Å². The van der Waals surface area contributed by atoms with Crippen molar-refractivity contribution in [2.75, 3.05) is 11.1 Å². The van der Waals surface area contributed by atoms with Gasteiger partial charge in [0.2, 0.25) is 0 Å². The van der Waals surface area contributed by atoms with E-state index in [0.29, 0.717) is 39.5 Å². The second-order valence-electron chi connectivity index (χ2n) is 9.72. The van der Waals surface area contributed by atoms with E-state index in [4.69, 9.17) is 5.73 Å². The number of nitrogens with two attached hydrogens (primary N) is 1. The molecule has 4 N–H and O–H groups in total. The van der Waals surface area contributed by atoms with Crippen molar-refractivity contribution in [1.82, 2.24) is 20.3 Å². The highest BCUT2D eigenvalue weighted by Crippen LogP contribution is 2.37. The second-order valence-corrected chi connectivity index (χ2v) is 10.8. The van der Waals surface area contributed by atoms with Gasteiger partial charge >= 0.3 is 0 Å². The predicted octanol–water partition coefficient (Wildman–Crippen LogP) is 7.26. The number of halogens is 1. The second kappa shape index (κ2) is 11.7. The SMILES string of the molecule is CC(C)c1nc2ncnc(Nc3cc(C(=O)NC(C)c4ccccc4)ccc3Sc3ccc(N)cc3)c2cc1F. The van der Waals surface area contributed by atoms with Crippen molar-refractivity contribution in [3.05, 3.63) is 108 Å². The largest absolute Gasteiger partial charge is 0.399 e. The molecule has 1 unspecified atom stereocenters. The minimum absolute atomic E-state index is 0.0906. The molecule has 1 atom stereocenters. The van der Waals surface area contributed by atoms with E-state index >= 15 is 0 Å². The molecule has 9 heteroatoms. The zero-order valence-corrected chi connectivity index (χ0v) is 23.2. The molecule has 2 heterocycles. The van der Waals surface area contributed by atoms with Crippen LogP contribution in [-0.4, -0.2) is 20.9 Å². The van der Waals surface area contributed by atoms with Crippen LogP contribution >= 0.6 is 11.8 Å². The van der Waals surface area contributed by atoms with Crippen molar-refractivity contribution >= 4 is 45.9 Å². The lowest BCUT2D eigenvalue weighted by molar-refractivity contribution is 0.0940. The number of benzene rings is 3. The maximum atomic E-state index is 14.9. The van der Waals surface area contributed by atoms with E-state index in [-0.39, 0.29) is 17.9 Å². The summed E-state index contributed by atoms with van der Waals surface area (Å²) in [5.41, 5.74) is 9.39. The molecule has 1 amide bonds. The normalized spacial score (nSPS) is 11.9. The molecule has 0 saturated heterocycles. The summed E-state index contributed by atoms with van der Waals surface area (Å²) in [5.74, 6) is -0.335. The number of rotatable bonds is 8. The van der Waals surface area contributed by atoms with Crippen LogP contribution in [0.15, 0.2) is 95.0 Å². The molecule has 0 aliphatic rings. The number of nitrogen functional groups attached to an aromatic ring is 1. The standard InChI is InChI=1S/C31H29FN6OS/c1-18(2)28-25(32)16-24-29(34-17-35-30(24)38-28)37-26-15-21(31(39)36-19(3)20-7-5-4-6-8-20)9-14-27(26)40-23-12-10-22(33)11-13-23/h4-19H,33H2,1-3H3,(H,36,39)(H,34,35,37,38). The van der Waals surface area contributed by atoms with Crippen molar-refractivity contribution < 1.29 is 9.18 Å². The van der Waals surface area contributed by atoms with E-state index in [9.17, 15) is 9.18 Å². The Bertz CT molecular complexity index is 1660. The molecule has 2 aromatic heterocycles. The highest BCUT2D eigenvalue weighted by atomic mass is 32.2. The van der Waals surface area contributed by atoms with Crippen LogP contribution in [0.2, 0.25) is 0 Å². The Hall–Kier alpha value is -4.50. The molecule has 40 heavy (non-hydrogen) atoms. The number of pyridine rings is 1. The first kappa shape index (κ1) is 27.1.